The second-order valence-corrected chi connectivity index (χ2v) is 7.04. The molecule has 0 radical (unpaired) electrons. The molecule has 30 heavy (non-hydrogen) atoms. The molecule has 1 aromatic heterocycles. The zero-order valence-electron chi connectivity index (χ0n) is 16.2. The van der Waals surface area contributed by atoms with Crippen LogP contribution < -0.4 is 15.1 Å². The van der Waals surface area contributed by atoms with E-state index in [0.29, 0.717) is 23.1 Å². The molecule has 0 saturated carbocycles. The Bertz CT molecular complexity index is 1140. The lowest BCUT2D eigenvalue weighted by atomic mass is 10.0. The van der Waals surface area contributed by atoms with E-state index in [2.05, 4.69) is 0 Å². The maximum absolute atomic E-state index is 13.4. The van der Waals surface area contributed by atoms with Crippen LogP contribution in [0, 0.1) is 5.82 Å². The number of piperidine rings is 1. The van der Waals surface area contributed by atoms with Crippen molar-refractivity contribution in [1.29, 1.82) is 0 Å². The van der Waals surface area contributed by atoms with Crippen molar-refractivity contribution in [3.63, 3.8) is 0 Å². The maximum atomic E-state index is 13.4. The summed E-state index contributed by atoms with van der Waals surface area (Å²) in [5, 5.41) is 11.2. The van der Waals surface area contributed by atoms with Crippen LogP contribution >= 0.6 is 0 Å². The van der Waals surface area contributed by atoms with Gasteiger partial charge in [-0.25, -0.2) is 9.18 Å². The van der Waals surface area contributed by atoms with Gasteiger partial charge in [-0.3, -0.25) is 4.79 Å². The molecule has 0 bridgehead atoms. The van der Waals surface area contributed by atoms with Gasteiger partial charge in [0.1, 0.15) is 29.2 Å². The SMILES string of the molecule is COc1cc(F)ccc1O[C@@H]1CCN(C(=O)c2cc3ccccc3oc2=O)C[C@H]1O. The van der Waals surface area contributed by atoms with E-state index in [-0.39, 0.29) is 24.4 Å². The monoisotopic (exact) mass is 413 g/mol. The maximum Gasteiger partial charge on any atom is 0.349 e. The van der Waals surface area contributed by atoms with Crippen LogP contribution in [0.4, 0.5) is 4.39 Å². The molecular formula is C22H20FNO6. The Morgan fingerprint density at radius 3 is 2.77 bits per heavy atom. The van der Waals surface area contributed by atoms with Gasteiger partial charge < -0.3 is 23.9 Å². The highest BCUT2D eigenvalue weighted by Gasteiger charge is 2.33. The summed E-state index contributed by atoms with van der Waals surface area (Å²) in [6.07, 6.45) is -1.28. The standard InChI is InChI=1S/C22H20FNO6/c1-28-20-11-14(23)6-7-19(20)29-18-8-9-24(12-16(18)25)21(26)15-10-13-4-2-3-5-17(13)30-22(15)27/h2-7,10-11,16,18,25H,8-9,12H2,1H3/t16-,18-/m1/s1. The van der Waals surface area contributed by atoms with E-state index in [1.54, 1.807) is 24.3 Å². The van der Waals surface area contributed by atoms with Crippen LogP contribution in [-0.4, -0.2) is 48.3 Å². The third kappa shape index (κ3) is 3.86. The van der Waals surface area contributed by atoms with Crippen molar-refractivity contribution in [2.45, 2.75) is 18.6 Å². The summed E-state index contributed by atoms with van der Waals surface area (Å²) in [5.74, 6) is -0.451. The van der Waals surface area contributed by atoms with Crippen LogP contribution in [0.15, 0.2) is 57.7 Å². The largest absolute Gasteiger partial charge is 0.493 e. The molecule has 1 saturated heterocycles. The van der Waals surface area contributed by atoms with Crippen molar-refractivity contribution >= 4 is 16.9 Å². The number of hydrogen-bond donors (Lipinski definition) is 1. The van der Waals surface area contributed by atoms with Gasteiger partial charge in [0.15, 0.2) is 11.5 Å². The molecular weight excluding hydrogens is 393 g/mol. The van der Waals surface area contributed by atoms with Gasteiger partial charge >= 0.3 is 5.63 Å². The number of benzene rings is 2. The number of halogens is 1. The number of carbonyl (C=O) groups is 1. The molecule has 0 aliphatic carbocycles. The first-order valence-corrected chi connectivity index (χ1v) is 9.46. The number of aliphatic hydroxyl groups excluding tert-OH is 1. The predicted molar refractivity (Wildman–Crippen MR) is 106 cm³/mol. The molecule has 156 valence electrons. The zero-order valence-corrected chi connectivity index (χ0v) is 16.2. The molecule has 7 nitrogen and oxygen atoms in total. The number of aliphatic hydroxyl groups is 1. The van der Waals surface area contributed by atoms with Crippen LogP contribution in [0.5, 0.6) is 11.5 Å². The van der Waals surface area contributed by atoms with Gasteiger partial charge in [-0.2, -0.15) is 0 Å². The number of amides is 1. The van der Waals surface area contributed by atoms with E-state index < -0.39 is 29.6 Å². The number of para-hydroxylation sites is 1. The van der Waals surface area contributed by atoms with Crippen LogP contribution in [0.25, 0.3) is 11.0 Å². The fourth-order valence-electron chi connectivity index (χ4n) is 3.52. The molecule has 1 aliphatic heterocycles. The molecule has 8 heteroatoms. The van der Waals surface area contributed by atoms with Crippen LogP contribution in [0.1, 0.15) is 16.8 Å². The normalized spacial score (nSPS) is 19.0. The van der Waals surface area contributed by atoms with E-state index in [0.717, 1.165) is 0 Å². The lowest BCUT2D eigenvalue weighted by Gasteiger charge is -2.36. The van der Waals surface area contributed by atoms with Crippen LogP contribution in [0.2, 0.25) is 0 Å². The Kier molecular flexibility index (Phi) is 5.41. The number of likely N-dealkylation sites (tertiary alicyclic amines) is 1. The number of ether oxygens (including phenoxy) is 2. The van der Waals surface area contributed by atoms with Crippen LogP contribution in [-0.2, 0) is 0 Å². The first-order chi connectivity index (χ1) is 14.5. The topological polar surface area (TPSA) is 89.2 Å². The Balaban J connectivity index is 1.49. The molecule has 0 spiro atoms. The molecule has 1 amide bonds. The van der Waals surface area contributed by atoms with E-state index in [1.807, 2.05) is 0 Å². The Morgan fingerprint density at radius 1 is 1.20 bits per heavy atom. The van der Waals surface area contributed by atoms with Gasteiger partial charge in [0, 0.05) is 24.4 Å². The average molecular weight is 413 g/mol. The van der Waals surface area contributed by atoms with Crippen molar-refractivity contribution in [2.24, 2.45) is 0 Å². The molecule has 1 aliphatic rings. The predicted octanol–water partition coefficient (Wildman–Crippen LogP) is 2.60. The van der Waals surface area contributed by atoms with Gasteiger partial charge in [-0.1, -0.05) is 18.2 Å². The van der Waals surface area contributed by atoms with Gasteiger partial charge in [0.2, 0.25) is 0 Å². The first-order valence-electron chi connectivity index (χ1n) is 9.46. The van der Waals surface area contributed by atoms with E-state index in [4.69, 9.17) is 13.9 Å². The highest BCUT2D eigenvalue weighted by atomic mass is 19.1. The number of methoxy groups -OCH3 is 1. The summed E-state index contributed by atoms with van der Waals surface area (Å²) in [6, 6.07) is 12.3. The summed E-state index contributed by atoms with van der Waals surface area (Å²) in [4.78, 5) is 26.5. The van der Waals surface area contributed by atoms with E-state index in [9.17, 15) is 19.1 Å². The molecule has 3 aromatic rings. The summed E-state index contributed by atoms with van der Waals surface area (Å²) < 4.78 is 29.5. The molecule has 1 fully saturated rings. The summed E-state index contributed by atoms with van der Waals surface area (Å²) >= 11 is 0. The number of hydrogen-bond acceptors (Lipinski definition) is 6. The third-order valence-electron chi connectivity index (χ3n) is 5.08. The number of fused-ring (bicyclic) bond motifs is 1. The van der Waals surface area contributed by atoms with Gasteiger partial charge in [-0.05, 0) is 24.3 Å². The lowest BCUT2D eigenvalue weighted by molar-refractivity contribution is -0.0208. The second kappa shape index (κ2) is 8.16. The van der Waals surface area contributed by atoms with Gasteiger partial charge in [0.25, 0.3) is 5.91 Å². The molecule has 2 heterocycles. The molecule has 4 rings (SSSR count). The lowest BCUT2D eigenvalue weighted by Crippen LogP contribution is -2.51. The number of nitrogens with zero attached hydrogens (tertiary/aromatic N) is 1. The summed E-state index contributed by atoms with van der Waals surface area (Å²) in [7, 11) is 1.40. The van der Waals surface area contributed by atoms with Crippen molar-refractivity contribution in [2.75, 3.05) is 20.2 Å². The highest BCUT2D eigenvalue weighted by molar-refractivity contribution is 5.96. The van der Waals surface area contributed by atoms with E-state index in [1.165, 1.54) is 36.3 Å². The minimum atomic E-state index is -0.995. The summed E-state index contributed by atoms with van der Waals surface area (Å²) in [5.41, 5.74) is -0.400. The second-order valence-electron chi connectivity index (χ2n) is 7.04. The van der Waals surface area contributed by atoms with Crippen molar-refractivity contribution in [3.8, 4) is 11.5 Å². The van der Waals surface area contributed by atoms with Crippen molar-refractivity contribution in [1.82, 2.24) is 4.90 Å². The fraction of sp³-hybridized carbons (Fsp3) is 0.273. The molecule has 2 atom stereocenters. The third-order valence-corrected chi connectivity index (χ3v) is 5.08. The molecule has 0 unspecified atom stereocenters. The number of β-amino-alcohol motifs (C(OH)–C–C–N with tert-alkyl or cyclic N) is 1. The highest BCUT2D eigenvalue weighted by Crippen LogP contribution is 2.30. The van der Waals surface area contributed by atoms with Gasteiger partial charge in [-0.15, -0.1) is 0 Å². The smallest absolute Gasteiger partial charge is 0.349 e. The first kappa shape index (κ1) is 19.9. The minimum absolute atomic E-state index is 0.0146. The Hall–Kier alpha value is -3.39. The Labute approximate surface area is 171 Å². The van der Waals surface area contributed by atoms with Crippen molar-refractivity contribution < 1.29 is 28.2 Å². The van der Waals surface area contributed by atoms with E-state index >= 15 is 0 Å². The van der Waals surface area contributed by atoms with Crippen LogP contribution in [0.3, 0.4) is 0 Å². The number of carbonyl (C=O) groups excluding carboxylic acids is 1. The summed E-state index contributed by atoms with van der Waals surface area (Å²) in [6.45, 7) is 0.260. The average Bonchev–Trinajstić information content (AvgIpc) is 2.75. The minimum Gasteiger partial charge on any atom is -0.493 e. The zero-order chi connectivity index (χ0) is 21.3. The number of rotatable bonds is 4. The molecule has 2 aromatic carbocycles. The van der Waals surface area contributed by atoms with Crippen molar-refractivity contribution in [3.05, 3.63) is 70.3 Å². The quantitative estimate of drug-likeness (QED) is 0.662. The fourth-order valence-corrected chi connectivity index (χ4v) is 3.52. The Morgan fingerprint density at radius 2 is 2.00 bits per heavy atom. The molecule has 1 N–H and O–H groups in total. The van der Waals surface area contributed by atoms with Gasteiger partial charge in [0.05, 0.1) is 13.7 Å².